The van der Waals surface area contributed by atoms with Crippen LogP contribution in [0.1, 0.15) is 36.6 Å². The second-order valence-electron chi connectivity index (χ2n) is 10.2. The minimum atomic E-state index is -0.810. The molecule has 0 spiro atoms. The Kier molecular flexibility index (Phi) is 8.16. The van der Waals surface area contributed by atoms with Gasteiger partial charge in [-0.3, -0.25) is 9.36 Å². The molecule has 0 radical (unpaired) electrons. The average molecular weight is 628 g/mol. The first-order chi connectivity index (χ1) is 21.3. The van der Waals surface area contributed by atoms with Crippen LogP contribution in [0.15, 0.2) is 94.0 Å². The Morgan fingerprint density at radius 2 is 1.84 bits per heavy atom. The number of para-hydroxylation sites is 1. The normalized spacial score (nSPS) is 14.8. The van der Waals surface area contributed by atoms with Gasteiger partial charge in [-0.15, -0.1) is 0 Å². The fourth-order valence-corrected chi connectivity index (χ4v) is 6.84. The Bertz CT molecular complexity index is 2120. The number of carbonyl (C=O) groups is 1. The van der Waals surface area contributed by atoms with E-state index >= 15 is 0 Å². The molecule has 0 saturated carbocycles. The lowest BCUT2D eigenvalue weighted by Crippen LogP contribution is -2.40. The zero-order valence-electron chi connectivity index (χ0n) is 24.7. The second kappa shape index (κ2) is 12.2. The first kappa shape index (κ1) is 29.5. The molecule has 8 nitrogen and oxygen atoms in total. The van der Waals surface area contributed by atoms with Crippen LogP contribution in [0, 0.1) is 0 Å². The molecular weight excluding hydrogens is 598 g/mol. The monoisotopic (exact) mass is 627 g/mol. The Morgan fingerprint density at radius 1 is 1.07 bits per heavy atom. The van der Waals surface area contributed by atoms with Crippen molar-refractivity contribution in [3.63, 3.8) is 0 Å². The Labute approximate surface area is 262 Å². The molecule has 224 valence electrons. The van der Waals surface area contributed by atoms with E-state index in [4.69, 9.17) is 30.8 Å². The van der Waals surface area contributed by atoms with E-state index in [-0.39, 0.29) is 17.7 Å². The van der Waals surface area contributed by atoms with Crippen LogP contribution < -0.4 is 24.4 Å². The quantitative estimate of drug-likeness (QED) is 0.213. The van der Waals surface area contributed by atoms with Crippen molar-refractivity contribution in [3.05, 3.63) is 126 Å². The Balaban J connectivity index is 1.54. The van der Waals surface area contributed by atoms with Crippen LogP contribution >= 0.6 is 22.9 Å². The summed E-state index contributed by atoms with van der Waals surface area (Å²) in [4.78, 5) is 32.8. The topological polar surface area (TPSA) is 84.1 Å². The van der Waals surface area contributed by atoms with Crippen molar-refractivity contribution in [1.82, 2.24) is 9.13 Å². The van der Waals surface area contributed by atoms with Gasteiger partial charge in [-0.05, 0) is 49.8 Å². The number of fused-ring (bicyclic) bond motifs is 2. The highest BCUT2D eigenvalue weighted by Crippen LogP contribution is 2.37. The lowest BCUT2D eigenvalue weighted by Gasteiger charge is -2.26. The predicted molar refractivity (Wildman–Crippen MR) is 172 cm³/mol. The van der Waals surface area contributed by atoms with E-state index in [0.29, 0.717) is 43.7 Å². The number of rotatable bonds is 8. The van der Waals surface area contributed by atoms with Gasteiger partial charge in [-0.1, -0.05) is 59.3 Å². The summed E-state index contributed by atoms with van der Waals surface area (Å²) >= 11 is 7.76. The molecule has 1 unspecified atom stereocenters. The van der Waals surface area contributed by atoms with E-state index in [0.717, 1.165) is 22.0 Å². The summed E-state index contributed by atoms with van der Waals surface area (Å²) in [5.74, 6) is 0.529. The highest BCUT2D eigenvalue weighted by Gasteiger charge is 2.35. The van der Waals surface area contributed by atoms with E-state index in [1.165, 1.54) is 11.3 Å². The van der Waals surface area contributed by atoms with Gasteiger partial charge in [0.15, 0.2) is 4.80 Å². The van der Waals surface area contributed by atoms with Crippen LogP contribution in [0.5, 0.6) is 11.5 Å². The molecule has 6 rings (SSSR count). The second-order valence-corrected chi connectivity index (χ2v) is 11.6. The third-order valence-electron chi connectivity index (χ3n) is 7.66. The molecule has 0 fully saturated rings. The fraction of sp³-hybridized carbons (Fsp3) is 0.206. The molecule has 10 heteroatoms. The molecule has 3 heterocycles. The molecule has 0 amide bonds. The maximum Gasteiger partial charge on any atom is 0.338 e. The summed E-state index contributed by atoms with van der Waals surface area (Å²) in [6.07, 6.45) is 3.92. The van der Waals surface area contributed by atoms with Crippen molar-refractivity contribution in [2.75, 3.05) is 20.8 Å². The molecule has 0 aliphatic carbocycles. The highest BCUT2D eigenvalue weighted by molar-refractivity contribution is 7.07. The molecule has 1 atom stereocenters. The third-order valence-corrected chi connectivity index (χ3v) is 9.01. The minimum absolute atomic E-state index is 0.185. The number of hydrogen-bond acceptors (Lipinski definition) is 7. The molecule has 0 N–H and O–H groups in total. The van der Waals surface area contributed by atoms with Gasteiger partial charge in [0.05, 0.1) is 36.6 Å². The Hall–Kier alpha value is -4.60. The smallest absolute Gasteiger partial charge is 0.338 e. The predicted octanol–water partition coefficient (Wildman–Crippen LogP) is 5.47. The van der Waals surface area contributed by atoms with Crippen LogP contribution in [0.3, 0.4) is 0 Å². The largest absolute Gasteiger partial charge is 0.497 e. The van der Waals surface area contributed by atoms with Crippen LogP contribution in [0.25, 0.3) is 17.0 Å². The molecule has 44 heavy (non-hydrogen) atoms. The first-order valence-electron chi connectivity index (χ1n) is 14.1. The number of hydrogen-bond donors (Lipinski definition) is 0. The summed E-state index contributed by atoms with van der Waals surface area (Å²) in [5.41, 5.74) is 4.02. The number of halogens is 1. The number of esters is 1. The first-order valence-corrected chi connectivity index (χ1v) is 15.3. The molecule has 0 bridgehead atoms. The third kappa shape index (κ3) is 5.22. The van der Waals surface area contributed by atoms with Gasteiger partial charge in [-0.2, -0.15) is 0 Å². The molecule has 1 aliphatic heterocycles. The number of carbonyl (C=O) groups excluding carboxylic acids is 1. The van der Waals surface area contributed by atoms with Crippen LogP contribution in [0.2, 0.25) is 5.02 Å². The summed E-state index contributed by atoms with van der Waals surface area (Å²) in [6, 6.07) is 20.3. The Morgan fingerprint density at radius 3 is 2.59 bits per heavy atom. The van der Waals surface area contributed by atoms with Gasteiger partial charge < -0.3 is 18.8 Å². The van der Waals surface area contributed by atoms with Crippen molar-refractivity contribution >= 4 is 45.9 Å². The van der Waals surface area contributed by atoms with E-state index in [1.807, 2.05) is 54.7 Å². The van der Waals surface area contributed by atoms with E-state index in [2.05, 4.69) is 10.6 Å². The molecular formula is C34H30ClN3O5S. The van der Waals surface area contributed by atoms with Gasteiger partial charge in [-0.25, -0.2) is 9.79 Å². The zero-order valence-corrected chi connectivity index (χ0v) is 26.2. The van der Waals surface area contributed by atoms with Crippen LogP contribution in [0.4, 0.5) is 0 Å². The fourth-order valence-electron chi connectivity index (χ4n) is 5.60. The maximum absolute atomic E-state index is 14.3. The summed E-state index contributed by atoms with van der Waals surface area (Å²) < 4.78 is 20.7. The van der Waals surface area contributed by atoms with Crippen LogP contribution in [-0.2, 0) is 16.1 Å². The van der Waals surface area contributed by atoms with E-state index in [9.17, 15) is 9.59 Å². The molecule has 5 aromatic rings. The number of methoxy groups -OCH3 is 2. The minimum Gasteiger partial charge on any atom is -0.497 e. The summed E-state index contributed by atoms with van der Waals surface area (Å²) in [6.45, 7) is 4.27. The SMILES string of the molecule is CCOC(=O)C1=C(C)N=c2s/c(=C/c3cn(Cc4ccccc4Cl)c4ccccc34)c(=O)n2C1c1ccc(OC)cc1OC. The van der Waals surface area contributed by atoms with E-state index in [1.54, 1.807) is 50.8 Å². The summed E-state index contributed by atoms with van der Waals surface area (Å²) in [7, 11) is 3.11. The standard InChI is InChI=1S/C34H30ClN3O5S/c1-5-43-33(40)30-20(2)36-34-38(31(30)25-15-14-23(41-3)17-28(25)42-4)32(39)29(44-34)16-22-19-37(27-13-9-7-11-24(22)27)18-21-10-6-8-12-26(21)35/h6-17,19,31H,5,18H2,1-4H3/b29-16+. The van der Waals surface area contributed by atoms with Gasteiger partial charge in [0.1, 0.15) is 17.5 Å². The van der Waals surface area contributed by atoms with Gasteiger partial charge in [0, 0.05) is 45.9 Å². The number of aromatic nitrogens is 2. The van der Waals surface area contributed by atoms with Gasteiger partial charge >= 0.3 is 5.97 Å². The molecule has 2 aromatic heterocycles. The highest BCUT2D eigenvalue weighted by atomic mass is 35.5. The van der Waals surface area contributed by atoms with Gasteiger partial charge in [0.2, 0.25) is 0 Å². The number of nitrogens with zero attached hydrogens (tertiary/aromatic N) is 3. The summed E-state index contributed by atoms with van der Waals surface area (Å²) in [5, 5.41) is 1.70. The maximum atomic E-state index is 14.3. The van der Waals surface area contributed by atoms with Gasteiger partial charge in [0.25, 0.3) is 5.56 Å². The van der Waals surface area contributed by atoms with Crippen molar-refractivity contribution < 1.29 is 19.0 Å². The van der Waals surface area contributed by atoms with Crippen molar-refractivity contribution in [2.45, 2.75) is 26.4 Å². The number of ether oxygens (including phenoxy) is 3. The molecule has 0 saturated heterocycles. The number of benzene rings is 3. The van der Waals surface area contributed by atoms with E-state index < -0.39 is 12.0 Å². The number of allylic oxidation sites excluding steroid dienone is 1. The molecule has 3 aromatic carbocycles. The van der Waals surface area contributed by atoms with Crippen LogP contribution in [-0.4, -0.2) is 35.9 Å². The van der Waals surface area contributed by atoms with Crippen molar-refractivity contribution in [2.24, 2.45) is 4.99 Å². The average Bonchev–Trinajstić information content (AvgIpc) is 3.53. The van der Waals surface area contributed by atoms with Crippen molar-refractivity contribution in [1.29, 1.82) is 0 Å². The van der Waals surface area contributed by atoms with Crippen molar-refractivity contribution in [3.8, 4) is 11.5 Å². The number of thiazole rings is 1. The lowest BCUT2D eigenvalue weighted by molar-refractivity contribution is -0.139. The molecule has 1 aliphatic rings. The lowest BCUT2D eigenvalue weighted by atomic mass is 9.95. The zero-order chi connectivity index (χ0) is 31.0.